The Balaban J connectivity index is 3.01. The number of hydrogen-bond donors (Lipinski definition) is 2. The lowest BCUT2D eigenvalue weighted by Crippen LogP contribution is -2.10. The van der Waals surface area contributed by atoms with E-state index in [0.29, 0.717) is 17.8 Å². The van der Waals surface area contributed by atoms with Crippen molar-refractivity contribution in [1.29, 1.82) is 0 Å². The van der Waals surface area contributed by atoms with Crippen LogP contribution in [0.1, 0.15) is 18.4 Å². The normalized spacial score (nSPS) is 12.9. The van der Waals surface area contributed by atoms with E-state index in [-0.39, 0.29) is 11.7 Å². The molecule has 3 heteroatoms. The molecule has 0 aliphatic rings. The zero-order valence-electron chi connectivity index (χ0n) is 7.05. The average Bonchev–Trinajstić information content (AvgIpc) is 2.03. The van der Waals surface area contributed by atoms with Gasteiger partial charge in [-0.3, -0.25) is 0 Å². The standard InChI is InChI=1S/C9H13FN2/c1-6(5-11)8-3-2-7(12)4-9(8)10/h2-4,6H,5,11-12H2,1H3. The second-order valence-electron chi connectivity index (χ2n) is 2.92. The topological polar surface area (TPSA) is 52.0 Å². The van der Waals surface area contributed by atoms with Gasteiger partial charge in [0.2, 0.25) is 0 Å². The van der Waals surface area contributed by atoms with Gasteiger partial charge in [-0.15, -0.1) is 0 Å². The Bertz CT molecular complexity index is 273. The molecule has 66 valence electrons. The third-order valence-electron chi connectivity index (χ3n) is 1.91. The van der Waals surface area contributed by atoms with Crippen molar-refractivity contribution < 1.29 is 4.39 Å². The summed E-state index contributed by atoms with van der Waals surface area (Å²) in [4.78, 5) is 0. The maximum Gasteiger partial charge on any atom is 0.128 e. The van der Waals surface area contributed by atoms with E-state index in [1.807, 2.05) is 6.92 Å². The number of nitrogen functional groups attached to an aromatic ring is 1. The third-order valence-corrected chi connectivity index (χ3v) is 1.91. The molecule has 1 atom stereocenters. The molecular weight excluding hydrogens is 155 g/mol. The minimum absolute atomic E-state index is 0.0469. The molecule has 12 heavy (non-hydrogen) atoms. The summed E-state index contributed by atoms with van der Waals surface area (Å²) < 4.78 is 13.2. The second kappa shape index (κ2) is 3.54. The second-order valence-corrected chi connectivity index (χ2v) is 2.92. The van der Waals surface area contributed by atoms with Crippen LogP contribution >= 0.6 is 0 Å². The van der Waals surface area contributed by atoms with Crippen molar-refractivity contribution in [3.8, 4) is 0 Å². The van der Waals surface area contributed by atoms with Crippen LogP contribution in [0.25, 0.3) is 0 Å². The van der Waals surface area contributed by atoms with Gasteiger partial charge in [-0.2, -0.15) is 0 Å². The summed E-state index contributed by atoms with van der Waals surface area (Å²) in [7, 11) is 0. The zero-order chi connectivity index (χ0) is 9.14. The number of anilines is 1. The van der Waals surface area contributed by atoms with Gasteiger partial charge in [0.05, 0.1) is 0 Å². The molecule has 0 amide bonds. The van der Waals surface area contributed by atoms with Gasteiger partial charge in [0.15, 0.2) is 0 Å². The molecule has 0 aliphatic carbocycles. The van der Waals surface area contributed by atoms with Crippen LogP contribution in [0.3, 0.4) is 0 Å². The van der Waals surface area contributed by atoms with Crippen LogP contribution in [0.5, 0.6) is 0 Å². The maximum absolute atomic E-state index is 13.2. The lowest BCUT2D eigenvalue weighted by molar-refractivity contribution is 0.591. The van der Waals surface area contributed by atoms with Crippen molar-refractivity contribution in [2.75, 3.05) is 12.3 Å². The first-order valence-corrected chi connectivity index (χ1v) is 3.90. The number of nitrogens with two attached hydrogens (primary N) is 2. The number of benzene rings is 1. The number of rotatable bonds is 2. The Morgan fingerprint density at radius 3 is 2.67 bits per heavy atom. The van der Waals surface area contributed by atoms with E-state index in [2.05, 4.69) is 0 Å². The van der Waals surface area contributed by atoms with Gasteiger partial charge in [-0.05, 0) is 30.2 Å². The lowest BCUT2D eigenvalue weighted by Gasteiger charge is -2.09. The van der Waals surface area contributed by atoms with E-state index in [1.54, 1.807) is 12.1 Å². The molecule has 0 bridgehead atoms. The van der Waals surface area contributed by atoms with Crippen molar-refractivity contribution >= 4 is 5.69 Å². The molecule has 0 saturated carbocycles. The first-order chi connectivity index (χ1) is 5.65. The summed E-state index contributed by atoms with van der Waals surface area (Å²) in [5.41, 5.74) is 11.9. The summed E-state index contributed by atoms with van der Waals surface area (Å²) in [6.07, 6.45) is 0. The van der Waals surface area contributed by atoms with Gasteiger partial charge in [0, 0.05) is 5.69 Å². The van der Waals surface area contributed by atoms with E-state index < -0.39 is 0 Å². The monoisotopic (exact) mass is 168 g/mol. The highest BCUT2D eigenvalue weighted by atomic mass is 19.1. The molecule has 0 saturated heterocycles. The molecule has 0 aromatic heterocycles. The van der Waals surface area contributed by atoms with Crippen LogP contribution in [-0.2, 0) is 0 Å². The summed E-state index contributed by atoms with van der Waals surface area (Å²) >= 11 is 0. The van der Waals surface area contributed by atoms with Crippen molar-refractivity contribution in [2.45, 2.75) is 12.8 Å². The molecule has 0 aliphatic heterocycles. The van der Waals surface area contributed by atoms with Crippen LogP contribution in [0.4, 0.5) is 10.1 Å². The molecule has 2 nitrogen and oxygen atoms in total. The molecular formula is C9H13FN2. The quantitative estimate of drug-likeness (QED) is 0.657. The van der Waals surface area contributed by atoms with Crippen molar-refractivity contribution in [2.24, 2.45) is 5.73 Å². The van der Waals surface area contributed by atoms with Crippen molar-refractivity contribution in [1.82, 2.24) is 0 Å². The Hall–Kier alpha value is -1.09. The molecule has 0 spiro atoms. The fraction of sp³-hybridized carbons (Fsp3) is 0.333. The Labute approximate surface area is 71.4 Å². The van der Waals surface area contributed by atoms with Gasteiger partial charge < -0.3 is 11.5 Å². The summed E-state index contributed by atoms with van der Waals surface area (Å²) in [6, 6.07) is 4.69. The van der Waals surface area contributed by atoms with E-state index in [4.69, 9.17) is 11.5 Å². The molecule has 1 rings (SSSR count). The molecule has 1 aromatic rings. The largest absolute Gasteiger partial charge is 0.399 e. The molecule has 1 aromatic carbocycles. The number of halogens is 1. The van der Waals surface area contributed by atoms with Crippen LogP contribution < -0.4 is 11.5 Å². The van der Waals surface area contributed by atoms with Gasteiger partial charge in [-0.1, -0.05) is 13.0 Å². The van der Waals surface area contributed by atoms with Gasteiger partial charge in [0.25, 0.3) is 0 Å². The van der Waals surface area contributed by atoms with Crippen LogP contribution in [-0.4, -0.2) is 6.54 Å². The van der Waals surface area contributed by atoms with Gasteiger partial charge in [-0.25, -0.2) is 4.39 Å². The fourth-order valence-corrected chi connectivity index (χ4v) is 1.07. The van der Waals surface area contributed by atoms with E-state index in [9.17, 15) is 4.39 Å². The molecule has 0 heterocycles. The van der Waals surface area contributed by atoms with Gasteiger partial charge >= 0.3 is 0 Å². The predicted molar refractivity (Wildman–Crippen MR) is 48.3 cm³/mol. The minimum Gasteiger partial charge on any atom is -0.399 e. The van der Waals surface area contributed by atoms with E-state index >= 15 is 0 Å². The minimum atomic E-state index is -0.270. The summed E-state index contributed by atoms with van der Waals surface area (Å²) in [5, 5.41) is 0. The Morgan fingerprint density at radius 1 is 1.50 bits per heavy atom. The maximum atomic E-state index is 13.2. The number of hydrogen-bond acceptors (Lipinski definition) is 2. The van der Waals surface area contributed by atoms with Crippen LogP contribution in [0.2, 0.25) is 0 Å². The zero-order valence-corrected chi connectivity index (χ0v) is 7.05. The smallest absolute Gasteiger partial charge is 0.128 e. The van der Waals surface area contributed by atoms with Crippen molar-refractivity contribution in [3.05, 3.63) is 29.6 Å². The summed E-state index contributed by atoms with van der Waals surface area (Å²) in [6.45, 7) is 2.33. The van der Waals surface area contributed by atoms with E-state index in [1.165, 1.54) is 6.07 Å². The lowest BCUT2D eigenvalue weighted by atomic mass is 10.0. The van der Waals surface area contributed by atoms with E-state index in [0.717, 1.165) is 0 Å². The molecule has 4 N–H and O–H groups in total. The third kappa shape index (κ3) is 1.74. The van der Waals surface area contributed by atoms with Gasteiger partial charge in [0.1, 0.15) is 5.82 Å². The van der Waals surface area contributed by atoms with Crippen molar-refractivity contribution in [3.63, 3.8) is 0 Å². The molecule has 0 fully saturated rings. The summed E-state index contributed by atoms with van der Waals surface area (Å²) in [5.74, 6) is -0.224. The Morgan fingerprint density at radius 2 is 2.17 bits per heavy atom. The SMILES string of the molecule is CC(CN)c1ccc(N)cc1F. The first kappa shape index (κ1) is 9.00. The van der Waals surface area contributed by atoms with Crippen LogP contribution in [0, 0.1) is 5.82 Å². The Kier molecular flexibility index (Phi) is 2.65. The highest BCUT2D eigenvalue weighted by Gasteiger charge is 2.08. The highest BCUT2D eigenvalue weighted by Crippen LogP contribution is 2.19. The molecule has 1 unspecified atom stereocenters. The predicted octanol–water partition coefficient (Wildman–Crippen LogP) is 1.47. The average molecular weight is 168 g/mol. The van der Waals surface area contributed by atoms with Crippen LogP contribution in [0.15, 0.2) is 18.2 Å². The first-order valence-electron chi connectivity index (χ1n) is 3.90. The highest BCUT2D eigenvalue weighted by molar-refractivity contribution is 5.41. The molecule has 0 radical (unpaired) electrons. The fourth-order valence-electron chi connectivity index (χ4n) is 1.07.